The third-order valence-corrected chi connectivity index (χ3v) is 3.22. The van der Waals surface area contributed by atoms with Gasteiger partial charge in [-0.3, -0.25) is 10.2 Å². The summed E-state index contributed by atoms with van der Waals surface area (Å²) in [5.74, 6) is 5.59. The predicted molar refractivity (Wildman–Crippen MR) is 81.6 cm³/mol. The van der Waals surface area contributed by atoms with E-state index in [9.17, 15) is 4.79 Å². The first kappa shape index (κ1) is 13.8. The van der Waals surface area contributed by atoms with Gasteiger partial charge in [0.15, 0.2) is 0 Å². The number of nitrogens with one attached hydrogen (secondary N) is 1. The zero-order valence-corrected chi connectivity index (χ0v) is 12.3. The van der Waals surface area contributed by atoms with Gasteiger partial charge in [-0.2, -0.15) is 0 Å². The Bertz CT molecular complexity index is 570. The van der Waals surface area contributed by atoms with Gasteiger partial charge in [0.25, 0.3) is 5.91 Å². The lowest BCUT2D eigenvalue weighted by Crippen LogP contribution is -2.29. The van der Waals surface area contributed by atoms with Gasteiger partial charge in [-0.15, -0.1) is 0 Å². The fourth-order valence-electron chi connectivity index (χ4n) is 1.56. The summed E-state index contributed by atoms with van der Waals surface area (Å²) in [5, 5.41) is 0. The number of carbonyl (C=O) groups is 1. The Labute approximate surface area is 125 Å². The van der Waals surface area contributed by atoms with E-state index < -0.39 is 0 Å². The van der Waals surface area contributed by atoms with E-state index in [1.807, 2.05) is 36.4 Å². The van der Waals surface area contributed by atoms with Gasteiger partial charge in [0.1, 0.15) is 12.4 Å². The Hall–Kier alpha value is -1.60. The molecule has 0 spiro atoms. The highest BCUT2D eigenvalue weighted by Crippen LogP contribution is 2.16. The van der Waals surface area contributed by atoms with Crippen LogP contribution in [0.4, 0.5) is 0 Å². The molecule has 98 valence electrons. The molecule has 2 rings (SSSR count). The minimum Gasteiger partial charge on any atom is -0.489 e. The van der Waals surface area contributed by atoms with E-state index in [0.29, 0.717) is 12.2 Å². The Morgan fingerprint density at radius 2 is 1.95 bits per heavy atom. The standard InChI is InChI=1S/C14H13IN2O2/c15-12-2-1-3-13(8-12)19-9-10-4-6-11(7-5-10)14(18)17-16/h1-8H,9,16H2,(H,17,18). The van der Waals surface area contributed by atoms with Crippen LogP contribution in [0.5, 0.6) is 5.75 Å². The van der Waals surface area contributed by atoms with Crippen molar-refractivity contribution in [3.63, 3.8) is 0 Å². The molecule has 0 fully saturated rings. The molecule has 2 aromatic carbocycles. The lowest BCUT2D eigenvalue weighted by Gasteiger charge is -2.07. The topological polar surface area (TPSA) is 64.3 Å². The van der Waals surface area contributed by atoms with Crippen LogP contribution in [0.2, 0.25) is 0 Å². The normalized spacial score (nSPS) is 10.0. The van der Waals surface area contributed by atoms with Gasteiger partial charge in [0, 0.05) is 9.13 Å². The van der Waals surface area contributed by atoms with Gasteiger partial charge in [0.05, 0.1) is 0 Å². The van der Waals surface area contributed by atoms with Crippen molar-refractivity contribution in [2.24, 2.45) is 5.84 Å². The molecule has 4 nitrogen and oxygen atoms in total. The molecule has 19 heavy (non-hydrogen) atoms. The van der Waals surface area contributed by atoms with Crippen molar-refractivity contribution in [2.75, 3.05) is 0 Å². The fourth-order valence-corrected chi connectivity index (χ4v) is 2.07. The number of ether oxygens (including phenoxy) is 1. The van der Waals surface area contributed by atoms with Crippen molar-refractivity contribution >= 4 is 28.5 Å². The minimum absolute atomic E-state index is 0.301. The number of hydrogen-bond donors (Lipinski definition) is 2. The highest BCUT2D eigenvalue weighted by Gasteiger charge is 2.03. The number of rotatable bonds is 4. The van der Waals surface area contributed by atoms with E-state index >= 15 is 0 Å². The summed E-state index contributed by atoms with van der Waals surface area (Å²) in [6.07, 6.45) is 0. The summed E-state index contributed by atoms with van der Waals surface area (Å²) in [4.78, 5) is 11.3. The zero-order valence-electron chi connectivity index (χ0n) is 10.1. The maximum Gasteiger partial charge on any atom is 0.265 e. The highest BCUT2D eigenvalue weighted by atomic mass is 127. The molecule has 0 aliphatic carbocycles. The van der Waals surface area contributed by atoms with Crippen LogP contribution in [0, 0.1) is 3.57 Å². The lowest BCUT2D eigenvalue weighted by atomic mass is 10.1. The maximum atomic E-state index is 11.3. The highest BCUT2D eigenvalue weighted by molar-refractivity contribution is 14.1. The van der Waals surface area contributed by atoms with Gasteiger partial charge in [0.2, 0.25) is 0 Å². The van der Waals surface area contributed by atoms with E-state index in [1.165, 1.54) is 0 Å². The van der Waals surface area contributed by atoms with Crippen LogP contribution in [0.25, 0.3) is 0 Å². The Kier molecular flexibility index (Phi) is 4.75. The maximum absolute atomic E-state index is 11.3. The summed E-state index contributed by atoms with van der Waals surface area (Å²) >= 11 is 2.24. The van der Waals surface area contributed by atoms with Crippen LogP contribution in [-0.4, -0.2) is 5.91 Å². The number of hydrazine groups is 1. The number of carbonyl (C=O) groups excluding carboxylic acids is 1. The summed E-state index contributed by atoms with van der Waals surface area (Å²) < 4.78 is 6.80. The first-order chi connectivity index (χ1) is 9.19. The summed E-state index contributed by atoms with van der Waals surface area (Å²) in [5.41, 5.74) is 3.62. The number of amides is 1. The number of hydrogen-bond acceptors (Lipinski definition) is 3. The van der Waals surface area contributed by atoms with Crippen LogP contribution in [-0.2, 0) is 6.61 Å². The molecule has 0 bridgehead atoms. The molecule has 0 aromatic heterocycles. The van der Waals surface area contributed by atoms with E-state index in [1.54, 1.807) is 12.1 Å². The lowest BCUT2D eigenvalue weighted by molar-refractivity contribution is 0.0953. The number of halogens is 1. The molecule has 0 atom stereocenters. The van der Waals surface area contributed by atoms with E-state index in [2.05, 4.69) is 28.0 Å². The number of benzene rings is 2. The molecule has 0 radical (unpaired) electrons. The average molecular weight is 368 g/mol. The molecule has 1 amide bonds. The van der Waals surface area contributed by atoms with Gasteiger partial charge in [-0.1, -0.05) is 18.2 Å². The second-order valence-corrected chi connectivity index (χ2v) is 5.16. The summed E-state index contributed by atoms with van der Waals surface area (Å²) in [7, 11) is 0. The van der Waals surface area contributed by atoms with Crippen LogP contribution in [0.3, 0.4) is 0 Å². The average Bonchev–Trinajstić information content (AvgIpc) is 2.45. The third kappa shape index (κ3) is 3.93. The van der Waals surface area contributed by atoms with Gasteiger partial charge in [-0.05, 0) is 58.5 Å². The smallest absolute Gasteiger partial charge is 0.265 e. The van der Waals surface area contributed by atoms with Crippen LogP contribution in [0.1, 0.15) is 15.9 Å². The Balaban J connectivity index is 1.98. The van der Waals surface area contributed by atoms with Crippen molar-refractivity contribution in [3.05, 3.63) is 63.2 Å². The van der Waals surface area contributed by atoms with Crippen molar-refractivity contribution in [2.45, 2.75) is 6.61 Å². The van der Waals surface area contributed by atoms with E-state index in [-0.39, 0.29) is 5.91 Å². The van der Waals surface area contributed by atoms with E-state index in [4.69, 9.17) is 10.6 Å². The Morgan fingerprint density at radius 1 is 1.21 bits per heavy atom. The van der Waals surface area contributed by atoms with Crippen LogP contribution >= 0.6 is 22.6 Å². The first-order valence-electron chi connectivity index (χ1n) is 5.67. The minimum atomic E-state index is -0.301. The fraction of sp³-hybridized carbons (Fsp3) is 0.0714. The molecule has 0 saturated heterocycles. The molecule has 0 heterocycles. The molecular weight excluding hydrogens is 355 g/mol. The molecule has 0 unspecified atom stereocenters. The number of nitrogens with two attached hydrogens (primary N) is 1. The quantitative estimate of drug-likeness (QED) is 0.377. The molecule has 0 aliphatic rings. The van der Waals surface area contributed by atoms with Crippen LogP contribution in [0.15, 0.2) is 48.5 Å². The molecule has 2 aromatic rings. The zero-order chi connectivity index (χ0) is 13.7. The summed E-state index contributed by atoms with van der Waals surface area (Å²) in [6, 6.07) is 15.0. The van der Waals surface area contributed by atoms with Crippen molar-refractivity contribution < 1.29 is 9.53 Å². The molecule has 5 heteroatoms. The largest absolute Gasteiger partial charge is 0.489 e. The van der Waals surface area contributed by atoms with E-state index in [0.717, 1.165) is 14.9 Å². The van der Waals surface area contributed by atoms with Gasteiger partial charge >= 0.3 is 0 Å². The SMILES string of the molecule is NNC(=O)c1ccc(COc2cccc(I)c2)cc1. The van der Waals surface area contributed by atoms with Crippen LogP contribution < -0.4 is 16.0 Å². The van der Waals surface area contributed by atoms with Gasteiger partial charge in [-0.25, -0.2) is 5.84 Å². The summed E-state index contributed by atoms with van der Waals surface area (Å²) in [6.45, 7) is 0.463. The second-order valence-electron chi connectivity index (χ2n) is 3.92. The van der Waals surface area contributed by atoms with Gasteiger partial charge < -0.3 is 4.74 Å². The van der Waals surface area contributed by atoms with Crippen molar-refractivity contribution in [3.8, 4) is 5.75 Å². The second kappa shape index (κ2) is 6.53. The molecule has 0 aliphatic heterocycles. The predicted octanol–water partition coefficient (Wildman–Crippen LogP) is 2.47. The molecule has 0 saturated carbocycles. The van der Waals surface area contributed by atoms with Crippen molar-refractivity contribution in [1.82, 2.24) is 5.43 Å². The third-order valence-electron chi connectivity index (χ3n) is 2.55. The number of nitrogen functional groups attached to an aromatic ring is 1. The van der Waals surface area contributed by atoms with Crippen molar-refractivity contribution in [1.29, 1.82) is 0 Å². The first-order valence-corrected chi connectivity index (χ1v) is 6.75. The molecule has 3 N–H and O–H groups in total. The Morgan fingerprint density at radius 3 is 2.58 bits per heavy atom. The molecular formula is C14H13IN2O2. The monoisotopic (exact) mass is 368 g/mol.